The van der Waals surface area contributed by atoms with E-state index in [2.05, 4.69) is 9.88 Å². The van der Waals surface area contributed by atoms with Gasteiger partial charge < -0.3 is 14.3 Å². The predicted octanol–water partition coefficient (Wildman–Crippen LogP) is 6.17. The third kappa shape index (κ3) is 4.18. The van der Waals surface area contributed by atoms with Gasteiger partial charge in [-0.05, 0) is 49.9 Å². The summed E-state index contributed by atoms with van der Waals surface area (Å²) < 4.78 is 7.57. The molecule has 1 aliphatic carbocycles. The van der Waals surface area contributed by atoms with Crippen molar-refractivity contribution in [2.45, 2.75) is 32.9 Å². The highest BCUT2D eigenvalue weighted by Gasteiger charge is 2.27. The lowest BCUT2D eigenvalue weighted by molar-refractivity contribution is 0.0947. The maximum Gasteiger partial charge on any atom is 0.253 e. The molecule has 1 N–H and O–H groups in total. The Kier molecular flexibility index (Phi) is 5.42. The van der Waals surface area contributed by atoms with Crippen molar-refractivity contribution < 1.29 is 9.21 Å². The summed E-state index contributed by atoms with van der Waals surface area (Å²) in [5.74, 6) is 1.30. The summed E-state index contributed by atoms with van der Waals surface area (Å²) in [6.07, 6.45) is 4.08. The Morgan fingerprint density at radius 1 is 1.29 bits per heavy atom. The minimum atomic E-state index is -0.105. The van der Waals surface area contributed by atoms with Gasteiger partial charge in [0.1, 0.15) is 10.8 Å². The monoisotopic (exact) mass is 451 g/mol. The Morgan fingerprint density at radius 2 is 2.13 bits per heavy atom. The molecule has 1 aromatic carbocycles. The first kappa shape index (κ1) is 20.1. The molecular weight excluding hydrogens is 430 g/mol. The molecule has 1 fully saturated rings. The molecule has 0 spiro atoms. The van der Waals surface area contributed by atoms with Crippen LogP contribution in [0, 0.1) is 12.8 Å². The Labute approximate surface area is 189 Å². The summed E-state index contributed by atoms with van der Waals surface area (Å²) in [5, 5.41) is 6.57. The highest BCUT2D eigenvalue weighted by Crippen LogP contribution is 2.37. The lowest BCUT2D eigenvalue weighted by Crippen LogP contribution is -2.23. The van der Waals surface area contributed by atoms with E-state index in [1.807, 2.05) is 54.8 Å². The summed E-state index contributed by atoms with van der Waals surface area (Å²) in [4.78, 5) is 17.8. The second-order valence-corrected chi connectivity index (χ2v) is 9.13. The van der Waals surface area contributed by atoms with E-state index < -0.39 is 0 Å². The molecule has 4 aromatic rings. The summed E-state index contributed by atoms with van der Waals surface area (Å²) in [5.41, 5.74) is 4.41. The van der Waals surface area contributed by atoms with Crippen LogP contribution in [-0.2, 0) is 13.1 Å². The third-order valence-electron chi connectivity index (χ3n) is 5.62. The molecule has 0 aliphatic heterocycles. The fraction of sp³-hybridized carbons (Fsp3) is 0.250. The van der Waals surface area contributed by atoms with Crippen molar-refractivity contribution in [1.29, 1.82) is 0 Å². The van der Waals surface area contributed by atoms with Crippen LogP contribution in [0.1, 0.15) is 34.7 Å². The molecule has 0 unspecified atom stereocenters. The van der Waals surface area contributed by atoms with Crippen LogP contribution in [0.2, 0.25) is 5.02 Å². The van der Waals surface area contributed by atoms with Gasteiger partial charge in [-0.25, -0.2) is 4.98 Å². The van der Waals surface area contributed by atoms with Crippen molar-refractivity contribution in [3.8, 4) is 22.0 Å². The molecule has 7 heteroatoms. The maximum absolute atomic E-state index is 12.9. The lowest BCUT2D eigenvalue weighted by Gasteiger charge is -2.10. The van der Waals surface area contributed by atoms with Gasteiger partial charge in [-0.1, -0.05) is 29.8 Å². The van der Waals surface area contributed by atoms with Crippen molar-refractivity contribution in [1.82, 2.24) is 14.9 Å². The first-order chi connectivity index (χ1) is 15.1. The van der Waals surface area contributed by atoms with Crippen LogP contribution in [0.5, 0.6) is 0 Å². The quantitative estimate of drug-likeness (QED) is 0.365. The molecule has 5 rings (SSSR count). The lowest BCUT2D eigenvalue weighted by atomic mass is 10.2. The number of carbonyl (C=O) groups excluding carboxylic acids is 1. The van der Waals surface area contributed by atoms with Crippen molar-refractivity contribution in [2.75, 3.05) is 0 Å². The number of rotatable bonds is 7. The minimum Gasteiger partial charge on any atom is -0.467 e. The number of benzene rings is 1. The summed E-state index contributed by atoms with van der Waals surface area (Å²) in [6.45, 7) is 3.28. The van der Waals surface area contributed by atoms with Gasteiger partial charge in [0.2, 0.25) is 0 Å². The number of nitrogens with one attached hydrogen (secondary N) is 1. The zero-order valence-corrected chi connectivity index (χ0v) is 18.7. The normalized spacial score (nSPS) is 13.5. The van der Waals surface area contributed by atoms with Crippen molar-refractivity contribution in [3.63, 3.8) is 0 Å². The number of hydrogen-bond donors (Lipinski definition) is 1. The summed E-state index contributed by atoms with van der Waals surface area (Å²) in [7, 11) is 0. The molecule has 3 heterocycles. The Hall–Kier alpha value is -2.83. The molecule has 5 nitrogen and oxygen atoms in total. The SMILES string of the molecule is Cc1c(C(=O)NCc2ccco2)cc(-c2csc(-c3ccccc3Cl)n2)n1CC1CC1. The first-order valence-corrected chi connectivity index (χ1v) is 11.6. The minimum absolute atomic E-state index is 0.105. The van der Waals surface area contributed by atoms with Gasteiger partial charge in [0, 0.05) is 23.2 Å². The van der Waals surface area contributed by atoms with Crippen LogP contribution in [0.15, 0.2) is 58.5 Å². The number of nitrogens with zero attached hydrogens (tertiary/aromatic N) is 2. The van der Waals surface area contributed by atoms with Crippen LogP contribution >= 0.6 is 22.9 Å². The Bertz CT molecular complexity index is 1220. The van der Waals surface area contributed by atoms with Gasteiger partial charge >= 0.3 is 0 Å². The topological polar surface area (TPSA) is 60.1 Å². The second-order valence-electron chi connectivity index (χ2n) is 7.86. The van der Waals surface area contributed by atoms with Gasteiger partial charge in [0.15, 0.2) is 0 Å². The standard InChI is InChI=1S/C24H22ClN3O2S/c1-15-19(23(29)26-12-17-5-4-10-30-17)11-22(28(15)13-16-8-9-16)21-14-31-24(27-21)18-6-2-3-7-20(18)25/h2-7,10-11,14,16H,8-9,12-13H2,1H3,(H,26,29). The van der Waals surface area contributed by atoms with Gasteiger partial charge in [-0.3, -0.25) is 4.79 Å². The third-order valence-corrected chi connectivity index (χ3v) is 6.83. The van der Waals surface area contributed by atoms with E-state index in [9.17, 15) is 4.79 Å². The molecule has 0 bridgehead atoms. The average Bonchev–Trinajstić information content (AvgIpc) is 3.15. The molecule has 31 heavy (non-hydrogen) atoms. The molecule has 158 valence electrons. The largest absolute Gasteiger partial charge is 0.467 e. The molecule has 3 aromatic heterocycles. The van der Waals surface area contributed by atoms with Crippen LogP contribution < -0.4 is 5.32 Å². The van der Waals surface area contributed by atoms with Crippen LogP contribution in [0.4, 0.5) is 0 Å². The van der Waals surface area contributed by atoms with Crippen LogP contribution in [-0.4, -0.2) is 15.5 Å². The molecule has 1 amide bonds. The smallest absolute Gasteiger partial charge is 0.253 e. The second kappa shape index (κ2) is 8.36. The fourth-order valence-corrected chi connectivity index (χ4v) is 4.84. The number of aromatic nitrogens is 2. The molecule has 0 atom stereocenters. The number of hydrogen-bond acceptors (Lipinski definition) is 4. The molecule has 0 saturated heterocycles. The maximum atomic E-state index is 12.9. The van der Waals surface area contributed by atoms with E-state index in [-0.39, 0.29) is 5.91 Å². The van der Waals surface area contributed by atoms with E-state index in [4.69, 9.17) is 21.0 Å². The van der Waals surface area contributed by atoms with E-state index in [1.54, 1.807) is 17.6 Å². The summed E-state index contributed by atoms with van der Waals surface area (Å²) in [6, 6.07) is 13.4. The average molecular weight is 452 g/mol. The van der Waals surface area contributed by atoms with Crippen LogP contribution in [0.3, 0.4) is 0 Å². The predicted molar refractivity (Wildman–Crippen MR) is 123 cm³/mol. The zero-order chi connectivity index (χ0) is 21.4. The number of furan rings is 1. The molecule has 1 aliphatic rings. The van der Waals surface area contributed by atoms with Gasteiger partial charge in [-0.2, -0.15) is 0 Å². The Balaban J connectivity index is 1.47. The van der Waals surface area contributed by atoms with Gasteiger partial charge in [0.25, 0.3) is 5.91 Å². The number of carbonyl (C=O) groups is 1. The number of amides is 1. The zero-order valence-electron chi connectivity index (χ0n) is 17.1. The van der Waals surface area contributed by atoms with E-state index >= 15 is 0 Å². The fourth-order valence-electron chi connectivity index (χ4n) is 3.71. The van der Waals surface area contributed by atoms with Gasteiger partial charge in [0.05, 0.1) is 34.8 Å². The van der Waals surface area contributed by atoms with Crippen molar-refractivity contribution in [2.24, 2.45) is 5.92 Å². The molecular formula is C24H22ClN3O2S. The number of thiazole rings is 1. The van der Waals surface area contributed by atoms with Crippen molar-refractivity contribution in [3.05, 3.63) is 76.1 Å². The Morgan fingerprint density at radius 3 is 2.87 bits per heavy atom. The first-order valence-electron chi connectivity index (χ1n) is 10.3. The number of halogens is 1. The molecule has 0 radical (unpaired) electrons. The highest BCUT2D eigenvalue weighted by atomic mass is 35.5. The highest BCUT2D eigenvalue weighted by molar-refractivity contribution is 7.13. The molecule has 1 saturated carbocycles. The van der Waals surface area contributed by atoms with E-state index in [1.165, 1.54) is 12.8 Å². The van der Waals surface area contributed by atoms with E-state index in [0.29, 0.717) is 23.0 Å². The summed E-state index contributed by atoms with van der Waals surface area (Å²) >= 11 is 7.94. The van der Waals surface area contributed by atoms with Crippen molar-refractivity contribution >= 4 is 28.8 Å². The van der Waals surface area contributed by atoms with E-state index in [0.717, 1.165) is 40.0 Å². The van der Waals surface area contributed by atoms with Crippen LogP contribution in [0.25, 0.3) is 22.0 Å². The van der Waals surface area contributed by atoms with Gasteiger partial charge in [-0.15, -0.1) is 11.3 Å².